The number of thiophene rings is 1. The quantitative estimate of drug-likeness (QED) is 0.535. The Kier molecular flexibility index (Phi) is 6.74. The van der Waals surface area contributed by atoms with E-state index in [4.69, 9.17) is 9.26 Å². The van der Waals surface area contributed by atoms with E-state index in [9.17, 15) is 9.59 Å². The van der Waals surface area contributed by atoms with E-state index in [1.807, 2.05) is 24.4 Å². The summed E-state index contributed by atoms with van der Waals surface area (Å²) in [7, 11) is 0. The van der Waals surface area contributed by atoms with Gasteiger partial charge in [0.05, 0.1) is 11.5 Å². The summed E-state index contributed by atoms with van der Waals surface area (Å²) in [5.74, 6) is 0.293. The molecule has 0 spiro atoms. The molecule has 3 rings (SSSR count). The van der Waals surface area contributed by atoms with Gasteiger partial charge in [-0.15, -0.1) is 11.3 Å². The van der Waals surface area contributed by atoms with Gasteiger partial charge in [-0.1, -0.05) is 11.2 Å². The van der Waals surface area contributed by atoms with Crippen LogP contribution in [0.15, 0.2) is 46.4 Å². The first-order chi connectivity index (χ1) is 13.7. The van der Waals surface area contributed by atoms with Crippen molar-refractivity contribution in [1.82, 2.24) is 20.8 Å². The molecule has 0 aliphatic carbocycles. The summed E-state index contributed by atoms with van der Waals surface area (Å²) in [6.45, 7) is 3.06. The highest BCUT2D eigenvalue weighted by Crippen LogP contribution is 2.25. The number of nitrogens with zero attached hydrogens (tertiary/aromatic N) is 2. The second-order valence-electron chi connectivity index (χ2n) is 5.71. The fraction of sp³-hybridized carbons (Fsp3) is 0.263. The molecule has 0 aliphatic heterocycles. The van der Waals surface area contributed by atoms with E-state index < -0.39 is 0 Å². The molecule has 0 atom stereocenters. The maximum absolute atomic E-state index is 12.2. The molecular formula is C19H20N4O4S. The molecule has 28 heavy (non-hydrogen) atoms. The number of nitrogens with one attached hydrogen (secondary N) is 2. The SMILES string of the molecule is CCOc1ncccc1C(=O)NCCCNC(=O)c1cc(-c2cccs2)on1. The van der Waals surface area contributed by atoms with Crippen LogP contribution in [0.1, 0.15) is 34.2 Å². The first kappa shape index (κ1) is 19.6. The van der Waals surface area contributed by atoms with E-state index in [-0.39, 0.29) is 17.5 Å². The van der Waals surface area contributed by atoms with Gasteiger partial charge in [0, 0.05) is 25.4 Å². The first-order valence-corrected chi connectivity index (χ1v) is 9.71. The van der Waals surface area contributed by atoms with Gasteiger partial charge in [-0.25, -0.2) is 4.98 Å². The van der Waals surface area contributed by atoms with E-state index >= 15 is 0 Å². The number of ether oxygens (including phenoxy) is 1. The number of rotatable bonds is 9. The molecule has 0 radical (unpaired) electrons. The fourth-order valence-electron chi connectivity index (χ4n) is 2.41. The van der Waals surface area contributed by atoms with Crippen LogP contribution in [-0.4, -0.2) is 41.7 Å². The molecule has 0 unspecified atom stereocenters. The minimum absolute atomic E-state index is 0.226. The zero-order valence-corrected chi connectivity index (χ0v) is 16.1. The topological polar surface area (TPSA) is 106 Å². The lowest BCUT2D eigenvalue weighted by molar-refractivity contribution is 0.0944. The van der Waals surface area contributed by atoms with Crippen LogP contribution in [0.25, 0.3) is 10.6 Å². The summed E-state index contributed by atoms with van der Waals surface area (Å²) in [4.78, 5) is 29.3. The van der Waals surface area contributed by atoms with E-state index in [0.717, 1.165) is 4.88 Å². The molecule has 3 aromatic rings. The lowest BCUT2D eigenvalue weighted by Crippen LogP contribution is -2.30. The Hall–Kier alpha value is -3.20. The number of hydrogen-bond acceptors (Lipinski definition) is 7. The van der Waals surface area contributed by atoms with Crippen molar-refractivity contribution < 1.29 is 18.8 Å². The third kappa shape index (κ3) is 4.95. The summed E-state index contributed by atoms with van der Waals surface area (Å²) in [5.41, 5.74) is 0.612. The average Bonchev–Trinajstić information content (AvgIpc) is 3.40. The van der Waals surface area contributed by atoms with E-state index in [0.29, 0.717) is 43.3 Å². The largest absolute Gasteiger partial charge is 0.477 e. The number of aromatic nitrogens is 2. The van der Waals surface area contributed by atoms with Crippen molar-refractivity contribution in [2.24, 2.45) is 0 Å². The lowest BCUT2D eigenvalue weighted by Gasteiger charge is -2.09. The fourth-order valence-corrected chi connectivity index (χ4v) is 3.08. The van der Waals surface area contributed by atoms with Gasteiger partial charge in [-0.05, 0) is 36.9 Å². The normalized spacial score (nSPS) is 10.5. The summed E-state index contributed by atoms with van der Waals surface area (Å²) in [6.07, 6.45) is 2.14. The first-order valence-electron chi connectivity index (χ1n) is 8.84. The van der Waals surface area contributed by atoms with Gasteiger partial charge in [0.25, 0.3) is 11.8 Å². The molecule has 0 saturated carbocycles. The van der Waals surface area contributed by atoms with Gasteiger partial charge < -0.3 is 19.9 Å². The molecule has 2 amide bonds. The van der Waals surface area contributed by atoms with E-state index in [1.165, 1.54) is 11.3 Å². The molecule has 146 valence electrons. The number of hydrogen-bond donors (Lipinski definition) is 2. The Balaban J connectivity index is 1.41. The predicted octanol–water partition coefficient (Wildman–Crippen LogP) is 2.75. The van der Waals surface area contributed by atoms with Crippen LogP contribution in [0.5, 0.6) is 5.88 Å². The Morgan fingerprint density at radius 3 is 2.75 bits per heavy atom. The minimum Gasteiger partial charge on any atom is -0.477 e. The molecule has 8 nitrogen and oxygen atoms in total. The van der Waals surface area contributed by atoms with Crippen molar-refractivity contribution in [3.05, 3.63) is 53.2 Å². The van der Waals surface area contributed by atoms with Gasteiger partial charge in [0.2, 0.25) is 5.88 Å². The third-order valence-corrected chi connectivity index (χ3v) is 4.61. The molecule has 0 fully saturated rings. The number of carbonyl (C=O) groups excluding carboxylic acids is 2. The van der Waals surface area contributed by atoms with Gasteiger partial charge in [0.15, 0.2) is 11.5 Å². The van der Waals surface area contributed by atoms with Crippen LogP contribution >= 0.6 is 11.3 Å². The number of pyridine rings is 1. The van der Waals surface area contributed by atoms with Crippen LogP contribution in [0.4, 0.5) is 0 Å². The Morgan fingerprint density at radius 1 is 1.18 bits per heavy atom. The van der Waals surface area contributed by atoms with Gasteiger partial charge in [-0.3, -0.25) is 9.59 Å². The maximum atomic E-state index is 12.2. The van der Waals surface area contributed by atoms with Crippen molar-refractivity contribution in [1.29, 1.82) is 0 Å². The molecule has 3 heterocycles. The molecular weight excluding hydrogens is 380 g/mol. The summed E-state index contributed by atoms with van der Waals surface area (Å²) < 4.78 is 10.5. The van der Waals surface area contributed by atoms with Crippen molar-refractivity contribution in [3.63, 3.8) is 0 Å². The highest BCUT2D eigenvalue weighted by atomic mass is 32.1. The molecule has 2 N–H and O–H groups in total. The third-order valence-electron chi connectivity index (χ3n) is 3.73. The van der Waals surface area contributed by atoms with Crippen LogP contribution < -0.4 is 15.4 Å². The smallest absolute Gasteiger partial charge is 0.273 e. The van der Waals surface area contributed by atoms with Gasteiger partial charge in [-0.2, -0.15) is 0 Å². The van der Waals surface area contributed by atoms with Crippen LogP contribution in [-0.2, 0) is 0 Å². The molecule has 0 bridgehead atoms. The van der Waals surface area contributed by atoms with Crippen LogP contribution in [0.3, 0.4) is 0 Å². The number of carbonyl (C=O) groups is 2. The maximum Gasteiger partial charge on any atom is 0.273 e. The highest BCUT2D eigenvalue weighted by molar-refractivity contribution is 7.13. The summed E-state index contributed by atoms with van der Waals surface area (Å²) >= 11 is 1.51. The lowest BCUT2D eigenvalue weighted by atomic mass is 10.2. The second kappa shape index (κ2) is 9.65. The van der Waals surface area contributed by atoms with Crippen molar-refractivity contribution >= 4 is 23.2 Å². The van der Waals surface area contributed by atoms with Gasteiger partial charge >= 0.3 is 0 Å². The van der Waals surface area contributed by atoms with E-state index in [1.54, 1.807) is 24.4 Å². The Bertz CT molecular complexity index is 924. The molecule has 9 heteroatoms. The molecule has 0 aromatic carbocycles. The zero-order chi connectivity index (χ0) is 19.8. The molecule has 0 aliphatic rings. The Morgan fingerprint density at radius 2 is 2.00 bits per heavy atom. The van der Waals surface area contributed by atoms with Crippen molar-refractivity contribution in [3.8, 4) is 16.5 Å². The average molecular weight is 400 g/mol. The molecule has 3 aromatic heterocycles. The zero-order valence-electron chi connectivity index (χ0n) is 15.3. The Labute approximate surface area is 165 Å². The van der Waals surface area contributed by atoms with Gasteiger partial charge in [0.1, 0.15) is 5.56 Å². The standard InChI is InChI=1S/C19H20N4O4S/c1-2-26-19-13(6-3-8-22-19)17(24)20-9-5-10-21-18(25)14-12-15(27-23-14)16-7-4-11-28-16/h3-4,6-8,11-12H,2,5,9-10H2,1H3,(H,20,24)(H,21,25). The minimum atomic E-state index is -0.316. The van der Waals surface area contributed by atoms with Crippen LogP contribution in [0.2, 0.25) is 0 Å². The van der Waals surface area contributed by atoms with Crippen molar-refractivity contribution in [2.75, 3.05) is 19.7 Å². The summed E-state index contributed by atoms with van der Waals surface area (Å²) in [5, 5.41) is 11.3. The van der Waals surface area contributed by atoms with E-state index in [2.05, 4.69) is 20.8 Å². The summed E-state index contributed by atoms with van der Waals surface area (Å²) in [6, 6.07) is 8.75. The van der Waals surface area contributed by atoms with Crippen LogP contribution in [0, 0.1) is 0 Å². The van der Waals surface area contributed by atoms with Crippen molar-refractivity contribution in [2.45, 2.75) is 13.3 Å². The molecule has 0 saturated heterocycles. The predicted molar refractivity (Wildman–Crippen MR) is 105 cm³/mol. The number of amides is 2. The highest BCUT2D eigenvalue weighted by Gasteiger charge is 2.15. The second-order valence-corrected chi connectivity index (χ2v) is 6.66. The monoisotopic (exact) mass is 400 g/mol.